The Morgan fingerprint density at radius 1 is 1.03 bits per heavy atom. The second-order valence-electron chi connectivity index (χ2n) is 7.32. The van der Waals surface area contributed by atoms with Crippen LogP contribution in [-0.2, 0) is 0 Å². The van der Waals surface area contributed by atoms with Crippen LogP contribution in [0, 0.1) is 13.8 Å². The molecule has 0 N–H and O–H groups in total. The van der Waals surface area contributed by atoms with Crippen LogP contribution in [0.2, 0.25) is 0 Å². The van der Waals surface area contributed by atoms with Crippen LogP contribution >= 0.6 is 0 Å². The SMILES string of the molecule is COc1ccc(C2c3c(oc4ccc(C)cc4c3=O)C(=O)N2c2cc(C)on2)cc1. The van der Waals surface area contributed by atoms with E-state index < -0.39 is 11.9 Å². The van der Waals surface area contributed by atoms with Crippen molar-refractivity contribution in [3.63, 3.8) is 0 Å². The Balaban J connectivity index is 1.80. The van der Waals surface area contributed by atoms with Gasteiger partial charge in [0, 0.05) is 6.07 Å². The topological polar surface area (TPSA) is 85.8 Å². The smallest absolute Gasteiger partial charge is 0.296 e. The van der Waals surface area contributed by atoms with Gasteiger partial charge in [-0.2, -0.15) is 0 Å². The van der Waals surface area contributed by atoms with Crippen molar-refractivity contribution in [1.29, 1.82) is 0 Å². The van der Waals surface area contributed by atoms with Crippen molar-refractivity contribution in [2.24, 2.45) is 0 Å². The molecule has 0 aliphatic carbocycles. The fourth-order valence-electron chi connectivity index (χ4n) is 3.89. The Morgan fingerprint density at radius 2 is 1.80 bits per heavy atom. The average Bonchev–Trinajstić information content (AvgIpc) is 3.30. The highest BCUT2D eigenvalue weighted by molar-refractivity contribution is 6.10. The summed E-state index contributed by atoms with van der Waals surface area (Å²) >= 11 is 0. The van der Waals surface area contributed by atoms with Crippen molar-refractivity contribution >= 4 is 22.7 Å². The molecule has 5 rings (SSSR count). The molecule has 7 nitrogen and oxygen atoms in total. The number of aryl methyl sites for hydroxylation is 2. The lowest BCUT2D eigenvalue weighted by Crippen LogP contribution is -2.29. The summed E-state index contributed by atoms with van der Waals surface area (Å²) in [5, 5.41) is 4.46. The molecule has 4 aromatic rings. The summed E-state index contributed by atoms with van der Waals surface area (Å²) in [7, 11) is 1.58. The molecule has 1 amide bonds. The van der Waals surface area contributed by atoms with E-state index in [1.165, 1.54) is 4.90 Å². The number of amides is 1. The third kappa shape index (κ3) is 2.62. The lowest BCUT2D eigenvalue weighted by atomic mass is 9.98. The van der Waals surface area contributed by atoms with Crippen molar-refractivity contribution in [3.05, 3.63) is 87.0 Å². The number of methoxy groups -OCH3 is 1. The van der Waals surface area contributed by atoms with Crippen LogP contribution in [-0.4, -0.2) is 18.2 Å². The fourth-order valence-corrected chi connectivity index (χ4v) is 3.89. The van der Waals surface area contributed by atoms with Crippen molar-refractivity contribution in [1.82, 2.24) is 5.16 Å². The predicted molar refractivity (Wildman–Crippen MR) is 110 cm³/mol. The van der Waals surface area contributed by atoms with Crippen LogP contribution in [0.25, 0.3) is 11.0 Å². The molecule has 7 heteroatoms. The first kappa shape index (κ1) is 18.2. The van der Waals surface area contributed by atoms with Crippen LogP contribution < -0.4 is 15.1 Å². The number of anilines is 1. The molecule has 2 aromatic heterocycles. The molecule has 0 fully saturated rings. The lowest BCUT2D eigenvalue weighted by Gasteiger charge is -2.22. The average molecular weight is 402 g/mol. The fraction of sp³-hybridized carbons (Fsp3) is 0.174. The number of aromatic nitrogens is 1. The summed E-state index contributed by atoms with van der Waals surface area (Å²) in [6.07, 6.45) is 0. The first-order chi connectivity index (χ1) is 14.5. The second-order valence-corrected chi connectivity index (χ2v) is 7.32. The maximum atomic E-state index is 13.5. The highest BCUT2D eigenvalue weighted by atomic mass is 16.5. The summed E-state index contributed by atoms with van der Waals surface area (Å²) in [5.74, 6) is 1.15. The molecule has 1 aliphatic heterocycles. The van der Waals surface area contributed by atoms with E-state index in [1.54, 1.807) is 44.4 Å². The van der Waals surface area contributed by atoms with E-state index in [9.17, 15) is 9.59 Å². The molecule has 2 aromatic carbocycles. The van der Waals surface area contributed by atoms with Gasteiger partial charge >= 0.3 is 0 Å². The van der Waals surface area contributed by atoms with E-state index in [-0.39, 0.29) is 11.2 Å². The highest BCUT2D eigenvalue weighted by Crippen LogP contribution is 2.41. The third-order valence-corrected chi connectivity index (χ3v) is 5.32. The maximum Gasteiger partial charge on any atom is 0.296 e. The van der Waals surface area contributed by atoms with Gasteiger partial charge in [-0.1, -0.05) is 28.9 Å². The Kier molecular flexibility index (Phi) is 3.99. The normalized spacial score (nSPS) is 15.6. The number of benzene rings is 2. The molecule has 0 saturated carbocycles. The number of hydrogen-bond donors (Lipinski definition) is 0. The van der Waals surface area contributed by atoms with Crippen molar-refractivity contribution in [2.45, 2.75) is 19.9 Å². The van der Waals surface area contributed by atoms with E-state index in [2.05, 4.69) is 5.16 Å². The number of ether oxygens (including phenoxy) is 1. The minimum absolute atomic E-state index is 0.0258. The minimum atomic E-state index is -0.691. The lowest BCUT2D eigenvalue weighted by molar-refractivity contribution is 0.0969. The number of rotatable bonds is 3. The Bertz CT molecular complexity index is 1350. The van der Waals surface area contributed by atoms with E-state index in [4.69, 9.17) is 13.7 Å². The minimum Gasteiger partial charge on any atom is -0.497 e. The summed E-state index contributed by atoms with van der Waals surface area (Å²) in [4.78, 5) is 28.3. The van der Waals surface area contributed by atoms with Gasteiger partial charge in [0.15, 0.2) is 11.2 Å². The van der Waals surface area contributed by atoms with Crippen molar-refractivity contribution < 1.29 is 18.5 Å². The Labute approximate surface area is 171 Å². The van der Waals surface area contributed by atoms with Gasteiger partial charge in [-0.15, -0.1) is 0 Å². The number of hydrogen-bond acceptors (Lipinski definition) is 6. The van der Waals surface area contributed by atoms with E-state index in [0.717, 1.165) is 11.1 Å². The largest absolute Gasteiger partial charge is 0.497 e. The molecule has 1 unspecified atom stereocenters. The van der Waals surface area contributed by atoms with Crippen LogP contribution in [0.15, 0.2) is 62.3 Å². The number of carbonyl (C=O) groups is 1. The molecule has 150 valence electrons. The van der Waals surface area contributed by atoms with Gasteiger partial charge < -0.3 is 13.7 Å². The third-order valence-electron chi connectivity index (χ3n) is 5.32. The zero-order valence-electron chi connectivity index (χ0n) is 16.6. The first-order valence-electron chi connectivity index (χ1n) is 9.46. The zero-order valence-corrected chi connectivity index (χ0v) is 16.6. The summed E-state index contributed by atoms with van der Waals surface area (Å²) in [6.45, 7) is 3.65. The zero-order chi connectivity index (χ0) is 21.0. The molecule has 1 aliphatic rings. The molecular formula is C23H18N2O5. The van der Waals surface area contributed by atoms with Gasteiger partial charge in [-0.05, 0) is 43.7 Å². The van der Waals surface area contributed by atoms with Gasteiger partial charge in [-0.25, -0.2) is 0 Å². The molecule has 3 heterocycles. The van der Waals surface area contributed by atoms with Gasteiger partial charge in [-0.3, -0.25) is 14.5 Å². The Morgan fingerprint density at radius 3 is 2.47 bits per heavy atom. The quantitative estimate of drug-likeness (QED) is 0.512. The second kappa shape index (κ2) is 6.59. The highest BCUT2D eigenvalue weighted by Gasteiger charge is 2.44. The molecule has 0 saturated heterocycles. The number of nitrogens with zero attached hydrogens (tertiary/aromatic N) is 2. The molecule has 0 radical (unpaired) electrons. The first-order valence-corrected chi connectivity index (χ1v) is 9.46. The molecule has 0 spiro atoms. The van der Waals surface area contributed by atoms with Gasteiger partial charge in [0.25, 0.3) is 5.91 Å². The molecule has 0 bridgehead atoms. The molecule has 1 atom stereocenters. The summed E-state index contributed by atoms with van der Waals surface area (Å²) < 4.78 is 16.4. The Hall–Kier alpha value is -3.87. The van der Waals surface area contributed by atoms with Crippen LogP contribution in [0.5, 0.6) is 5.75 Å². The van der Waals surface area contributed by atoms with Gasteiger partial charge in [0.1, 0.15) is 17.1 Å². The monoisotopic (exact) mass is 402 g/mol. The maximum absolute atomic E-state index is 13.5. The van der Waals surface area contributed by atoms with Crippen LogP contribution in [0.3, 0.4) is 0 Å². The van der Waals surface area contributed by atoms with Crippen molar-refractivity contribution in [2.75, 3.05) is 12.0 Å². The number of carbonyl (C=O) groups excluding carboxylic acids is 1. The van der Waals surface area contributed by atoms with Gasteiger partial charge in [0.05, 0.1) is 24.1 Å². The van der Waals surface area contributed by atoms with E-state index >= 15 is 0 Å². The van der Waals surface area contributed by atoms with Crippen LogP contribution in [0.1, 0.15) is 39.0 Å². The van der Waals surface area contributed by atoms with E-state index in [0.29, 0.717) is 33.9 Å². The van der Waals surface area contributed by atoms with Crippen LogP contribution in [0.4, 0.5) is 5.82 Å². The van der Waals surface area contributed by atoms with Crippen molar-refractivity contribution in [3.8, 4) is 5.75 Å². The van der Waals surface area contributed by atoms with E-state index in [1.807, 2.05) is 25.1 Å². The standard InChI is InChI=1S/C23H18N2O5/c1-12-4-9-17-16(10-12)21(26)19-20(14-5-7-15(28-3)8-6-14)25(23(27)22(19)29-17)18-11-13(2)30-24-18/h4-11,20H,1-3H3. The molecule has 30 heavy (non-hydrogen) atoms. The summed E-state index contributed by atoms with van der Waals surface area (Å²) in [5.41, 5.74) is 2.12. The summed E-state index contributed by atoms with van der Waals surface area (Å²) in [6, 6.07) is 13.5. The predicted octanol–water partition coefficient (Wildman–Crippen LogP) is 4.16. The molecular weight excluding hydrogens is 384 g/mol. The van der Waals surface area contributed by atoms with Gasteiger partial charge in [0.2, 0.25) is 5.76 Å². The number of fused-ring (bicyclic) bond motifs is 2.